The molecule has 1 aromatic heterocycles. The third-order valence-corrected chi connectivity index (χ3v) is 5.17. The molecule has 6 nitrogen and oxygen atoms in total. The van der Waals surface area contributed by atoms with Crippen LogP contribution in [0.5, 0.6) is 5.75 Å². The average molecular weight is 455 g/mol. The Labute approximate surface area is 181 Å². The lowest BCUT2D eigenvalue weighted by Crippen LogP contribution is -2.38. The molecule has 0 radical (unpaired) electrons. The molecule has 1 amide bonds. The first-order valence-corrected chi connectivity index (χ1v) is 9.96. The second kappa shape index (κ2) is 8.97. The van der Waals surface area contributed by atoms with Crippen LogP contribution in [0, 0.1) is 11.6 Å². The number of halogens is 4. The second-order valence-electron chi connectivity index (χ2n) is 6.20. The van der Waals surface area contributed by atoms with Crippen molar-refractivity contribution in [2.24, 2.45) is 0 Å². The lowest BCUT2D eigenvalue weighted by Gasteiger charge is -2.28. The molecule has 30 heavy (non-hydrogen) atoms. The number of phenolic OH excluding ortho intramolecular Hbond substituents is 1. The van der Waals surface area contributed by atoms with Crippen LogP contribution in [0.25, 0.3) is 11.4 Å². The maximum absolute atomic E-state index is 13.9. The monoisotopic (exact) mass is 454 g/mol. The van der Waals surface area contributed by atoms with E-state index in [9.17, 15) is 18.7 Å². The van der Waals surface area contributed by atoms with Crippen molar-refractivity contribution in [3.05, 3.63) is 63.4 Å². The molecule has 2 heterocycles. The van der Waals surface area contributed by atoms with E-state index >= 15 is 0 Å². The van der Waals surface area contributed by atoms with Crippen LogP contribution in [0.15, 0.2) is 30.3 Å². The van der Waals surface area contributed by atoms with Gasteiger partial charge in [-0.15, -0.1) is 10.2 Å². The smallest absolute Gasteiger partial charge is 0.255 e. The summed E-state index contributed by atoms with van der Waals surface area (Å²) in [5.74, 6) is -1.27. The van der Waals surface area contributed by atoms with E-state index in [0.29, 0.717) is 30.3 Å². The lowest BCUT2D eigenvalue weighted by atomic mass is 10.1. The maximum atomic E-state index is 13.9. The summed E-state index contributed by atoms with van der Waals surface area (Å²) in [6.45, 7) is 4.75. The van der Waals surface area contributed by atoms with Crippen molar-refractivity contribution < 1.29 is 18.7 Å². The molecule has 0 unspecified atom stereocenters. The minimum absolute atomic E-state index is 0.00735. The molecule has 0 saturated heterocycles. The van der Waals surface area contributed by atoms with Crippen LogP contribution in [0.4, 0.5) is 8.78 Å². The molecule has 1 aliphatic heterocycles. The number of hydrogen-bond acceptors (Lipinski definition) is 4. The predicted octanol–water partition coefficient (Wildman–Crippen LogP) is 4.92. The van der Waals surface area contributed by atoms with Gasteiger partial charge in [-0.3, -0.25) is 4.79 Å². The number of fused-ring (bicyclic) bond motifs is 1. The Hall–Kier alpha value is -2.71. The van der Waals surface area contributed by atoms with Crippen LogP contribution in [0.1, 0.15) is 30.0 Å². The van der Waals surface area contributed by atoms with E-state index in [1.807, 2.05) is 13.8 Å². The van der Waals surface area contributed by atoms with Crippen molar-refractivity contribution in [3.8, 4) is 17.1 Å². The summed E-state index contributed by atoms with van der Waals surface area (Å²) in [5, 5.41) is 17.6. The van der Waals surface area contributed by atoms with Crippen molar-refractivity contribution in [3.63, 3.8) is 0 Å². The van der Waals surface area contributed by atoms with Gasteiger partial charge < -0.3 is 14.6 Å². The summed E-state index contributed by atoms with van der Waals surface area (Å²) in [6, 6.07) is 6.27. The molecular formula is C20H18Cl2F2N4O2. The number of carbonyl (C=O) groups excluding carboxylic acids is 1. The van der Waals surface area contributed by atoms with Gasteiger partial charge in [0.2, 0.25) is 0 Å². The zero-order valence-electron chi connectivity index (χ0n) is 16.2. The third-order valence-electron chi connectivity index (χ3n) is 4.51. The van der Waals surface area contributed by atoms with Gasteiger partial charge in [0.1, 0.15) is 11.6 Å². The average Bonchev–Trinajstić information content (AvgIpc) is 3.16. The van der Waals surface area contributed by atoms with Crippen LogP contribution < -0.4 is 0 Å². The minimum atomic E-state index is -0.844. The molecule has 4 rings (SSSR count). The fourth-order valence-electron chi connectivity index (χ4n) is 3.09. The Morgan fingerprint density at radius 1 is 1.10 bits per heavy atom. The number of phenols is 1. The SMILES string of the molecule is CC.O=C(c1ccc(Cl)c(F)c1Cl)N1CCn2c(nnc2-c2ccc(F)cc2O)C1. The van der Waals surface area contributed by atoms with Crippen LogP contribution in [-0.4, -0.2) is 37.2 Å². The Bertz CT molecular complexity index is 1100. The van der Waals surface area contributed by atoms with Gasteiger partial charge in [0.25, 0.3) is 5.91 Å². The highest BCUT2D eigenvalue weighted by Gasteiger charge is 2.28. The summed E-state index contributed by atoms with van der Waals surface area (Å²) < 4.78 is 28.9. The van der Waals surface area contributed by atoms with Crippen molar-refractivity contribution in [2.45, 2.75) is 26.9 Å². The largest absolute Gasteiger partial charge is 0.507 e. The number of aromatic nitrogens is 3. The first-order valence-electron chi connectivity index (χ1n) is 9.20. The van der Waals surface area contributed by atoms with Gasteiger partial charge >= 0.3 is 0 Å². The number of benzene rings is 2. The number of amides is 1. The highest BCUT2D eigenvalue weighted by atomic mass is 35.5. The van der Waals surface area contributed by atoms with Crippen LogP contribution in [-0.2, 0) is 13.1 Å². The number of aromatic hydroxyl groups is 1. The van der Waals surface area contributed by atoms with Gasteiger partial charge in [0.05, 0.1) is 27.7 Å². The van der Waals surface area contributed by atoms with E-state index in [-0.39, 0.29) is 27.9 Å². The van der Waals surface area contributed by atoms with E-state index in [2.05, 4.69) is 10.2 Å². The Balaban J connectivity index is 0.00000124. The summed E-state index contributed by atoms with van der Waals surface area (Å²) in [7, 11) is 0. The number of hydrogen-bond donors (Lipinski definition) is 1. The quantitative estimate of drug-likeness (QED) is 0.557. The van der Waals surface area contributed by atoms with Gasteiger partial charge in [-0.25, -0.2) is 8.78 Å². The van der Waals surface area contributed by atoms with E-state index < -0.39 is 17.5 Å². The third kappa shape index (κ3) is 3.97. The van der Waals surface area contributed by atoms with Crippen LogP contribution in [0.2, 0.25) is 10.0 Å². The van der Waals surface area contributed by atoms with Crippen molar-refractivity contribution in [2.75, 3.05) is 6.54 Å². The van der Waals surface area contributed by atoms with E-state index in [1.165, 1.54) is 29.2 Å². The Morgan fingerprint density at radius 3 is 2.53 bits per heavy atom. The summed E-state index contributed by atoms with van der Waals surface area (Å²) >= 11 is 11.6. The van der Waals surface area contributed by atoms with Gasteiger partial charge in [0, 0.05) is 19.2 Å². The Kier molecular flexibility index (Phi) is 6.58. The molecule has 0 bridgehead atoms. The zero-order chi connectivity index (χ0) is 22.0. The van der Waals surface area contributed by atoms with Gasteiger partial charge in [-0.2, -0.15) is 0 Å². The first-order chi connectivity index (χ1) is 14.4. The molecule has 0 saturated carbocycles. The minimum Gasteiger partial charge on any atom is -0.507 e. The highest BCUT2D eigenvalue weighted by Crippen LogP contribution is 2.31. The van der Waals surface area contributed by atoms with Crippen LogP contribution >= 0.6 is 23.2 Å². The first kappa shape index (κ1) is 22.0. The molecule has 1 aliphatic rings. The van der Waals surface area contributed by atoms with Crippen molar-refractivity contribution in [1.29, 1.82) is 0 Å². The van der Waals surface area contributed by atoms with E-state index in [1.54, 1.807) is 4.57 Å². The molecule has 2 aromatic carbocycles. The Morgan fingerprint density at radius 2 is 1.83 bits per heavy atom. The lowest BCUT2D eigenvalue weighted by molar-refractivity contribution is 0.0707. The fourth-order valence-corrected chi connectivity index (χ4v) is 3.54. The highest BCUT2D eigenvalue weighted by molar-refractivity contribution is 6.37. The summed E-state index contributed by atoms with van der Waals surface area (Å²) in [4.78, 5) is 14.2. The van der Waals surface area contributed by atoms with E-state index in [0.717, 1.165) is 6.07 Å². The molecule has 10 heteroatoms. The van der Waals surface area contributed by atoms with Gasteiger partial charge in [-0.1, -0.05) is 37.0 Å². The molecule has 3 aromatic rings. The zero-order valence-corrected chi connectivity index (χ0v) is 17.7. The summed E-state index contributed by atoms with van der Waals surface area (Å²) in [6.07, 6.45) is 0. The van der Waals surface area contributed by atoms with Crippen LogP contribution in [0.3, 0.4) is 0 Å². The topological polar surface area (TPSA) is 71.2 Å². The van der Waals surface area contributed by atoms with Gasteiger partial charge in [-0.05, 0) is 24.3 Å². The van der Waals surface area contributed by atoms with Gasteiger partial charge in [0.15, 0.2) is 17.5 Å². The summed E-state index contributed by atoms with van der Waals surface area (Å²) in [5.41, 5.74) is 0.343. The molecule has 1 N–H and O–H groups in total. The number of carbonyl (C=O) groups is 1. The number of rotatable bonds is 2. The number of nitrogens with zero attached hydrogens (tertiary/aromatic N) is 4. The predicted molar refractivity (Wildman–Crippen MR) is 110 cm³/mol. The van der Waals surface area contributed by atoms with Crippen molar-refractivity contribution >= 4 is 29.1 Å². The molecule has 0 aliphatic carbocycles. The molecule has 0 atom stereocenters. The molecular weight excluding hydrogens is 437 g/mol. The normalized spacial score (nSPS) is 12.8. The fraction of sp³-hybridized carbons (Fsp3) is 0.250. The maximum Gasteiger partial charge on any atom is 0.255 e. The molecule has 158 valence electrons. The standard InChI is InChI=1S/C18H12Cl2F2N4O2.C2H6/c19-12-4-3-11(15(20)16(12)22)18(28)25-5-6-26-14(8-25)23-24-17(26)10-2-1-9(21)7-13(10)27;1-2/h1-4,7,27H,5-6,8H2;1-2H3. The molecule has 0 spiro atoms. The van der Waals surface area contributed by atoms with Crippen molar-refractivity contribution in [1.82, 2.24) is 19.7 Å². The molecule has 0 fully saturated rings. The second-order valence-corrected chi connectivity index (χ2v) is 6.99. The van der Waals surface area contributed by atoms with E-state index in [4.69, 9.17) is 23.2 Å².